The molecule has 26 heavy (non-hydrogen) atoms. The van der Waals surface area contributed by atoms with Crippen molar-refractivity contribution in [2.75, 3.05) is 5.32 Å². The lowest BCUT2D eigenvalue weighted by Crippen LogP contribution is -2.24. The molecule has 1 heterocycles. The lowest BCUT2D eigenvalue weighted by Gasteiger charge is -2.15. The molecule has 3 aromatic rings. The fourth-order valence-corrected chi connectivity index (χ4v) is 2.68. The van der Waals surface area contributed by atoms with Gasteiger partial charge in [0.2, 0.25) is 0 Å². The van der Waals surface area contributed by atoms with Crippen LogP contribution in [0.15, 0.2) is 67.0 Å². The highest BCUT2D eigenvalue weighted by molar-refractivity contribution is 5.92. The Balaban J connectivity index is 1.65. The van der Waals surface area contributed by atoms with Crippen LogP contribution in [0.5, 0.6) is 0 Å². The summed E-state index contributed by atoms with van der Waals surface area (Å²) in [6, 6.07) is 19.8. The van der Waals surface area contributed by atoms with Crippen molar-refractivity contribution in [3.63, 3.8) is 0 Å². The Morgan fingerprint density at radius 1 is 1.04 bits per heavy atom. The van der Waals surface area contributed by atoms with Gasteiger partial charge in [0.1, 0.15) is 17.8 Å². The maximum atomic E-state index is 12.4. The first-order valence-corrected chi connectivity index (χ1v) is 8.59. The van der Waals surface area contributed by atoms with Crippen LogP contribution in [0.1, 0.15) is 40.1 Å². The zero-order chi connectivity index (χ0) is 18.4. The van der Waals surface area contributed by atoms with E-state index in [0.29, 0.717) is 18.1 Å². The minimum Gasteiger partial charge on any atom is -0.363 e. The molecule has 0 radical (unpaired) electrons. The Labute approximate surface area is 153 Å². The summed E-state index contributed by atoms with van der Waals surface area (Å²) >= 11 is 0. The maximum absolute atomic E-state index is 12.4. The number of carbonyl (C=O) groups excluding carboxylic acids is 1. The SMILES string of the molecule is Cc1ccccc1CNC(=O)c1cc(NC(C)c2ccccc2)ncn1. The molecule has 1 atom stereocenters. The predicted molar refractivity (Wildman–Crippen MR) is 103 cm³/mol. The second-order valence-corrected chi connectivity index (χ2v) is 6.17. The lowest BCUT2D eigenvalue weighted by molar-refractivity contribution is 0.0945. The van der Waals surface area contributed by atoms with Crippen molar-refractivity contribution in [3.05, 3.63) is 89.4 Å². The fourth-order valence-electron chi connectivity index (χ4n) is 2.68. The number of nitrogens with one attached hydrogen (secondary N) is 2. The van der Waals surface area contributed by atoms with Gasteiger partial charge in [0.15, 0.2) is 0 Å². The number of benzene rings is 2. The Morgan fingerprint density at radius 2 is 1.77 bits per heavy atom. The summed E-state index contributed by atoms with van der Waals surface area (Å²) in [5.74, 6) is 0.406. The third-order valence-corrected chi connectivity index (χ3v) is 4.26. The predicted octanol–water partition coefficient (Wildman–Crippen LogP) is 3.89. The number of nitrogens with zero attached hydrogens (tertiary/aromatic N) is 2. The normalized spacial score (nSPS) is 11.6. The number of hydrogen-bond donors (Lipinski definition) is 2. The molecular weight excluding hydrogens is 324 g/mol. The third kappa shape index (κ3) is 4.45. The van der Waals surface area contributed by atoms with Crippen LogP contribution in [0, 0.1) is 6.92 Å². The van der Waals surface area contributed by atoms with E-state index in [1.54, 1.807) is 6.07 Å². The van der Waals surface area contributed by atoms with Gasteiger partial charge in [-0.2, -0.15) is 0 Å². The van der Waals surface area contributed by atoms with Crippen molar-refractivity contribution < 1.29 is 4.79 Å². The topological polar surface area (TPSA) is 66.9 Å². The summed E-state index contributed by atoms with van der Waals surface area (Å²) in [6.07, 6.45) is 1.41. The van der Waals surface area contributed by atoms with Gasteiger partial charge in [-0.05, 0) is 30.5 Å². The molecule has 0 aliphatic heterocycles. The van der Waals surface area contributed by atoms with E-state index < -0.39 is 0 Å². The summed E-state index contributed by atoms with van der Waals surface area (Å²) < 4.78 is 0. The summed E-state index contributed by atoms with van der Waals surface area (Å²) in [7, 11) is 0. The lowest BCUT2D eigenvalue weighted by atomic mass is 10.1. The Kier molecular flexibility index (Phi) is 5.59. The van der Waals surface area contributed by atoms with Crippen molar-refractivity contribution in [2.24, 2.45) is 0 Å². The minimum absolute atomic E-state index is 0.0778. The van der Waals surface area contributed by atoms with E-state index in [-0.39, 0.29) is 11.9 Å². The van der Waals surface area contributed by atoms with E-state index in [1.165, 1.54) is 6.33 Å². The standard InChI is InChI=1S/C21H22N4O/c1-15-8-6-7-11-18(15)13-22-21(26)19-12-20(24-14-23-19)25-16(2)17-9-4-3-5-10-17/h3-12,14,16H,13H2,1-2H3,(H,22,26)(H,23,24,25). The van der Waals surface area contributed by atoms with E-state index in [2.05, 4.69) is 39.7 Å². The molecule has 1 unspecified atom stereocenters. The van der Waals surface area contributed by atoms with Crippen molar-refractivity contribution in [1.29, 1.82) is 0 Å². The van der Waals surface area contributed by atoms with E-state index in [1.807, 2.05) is 49.4 Å². The highest BCUT2D eigenvalue weighted by Crippen LogP contribution is 2.17. The van der Waals surface area contributed by atoms with E-state index >= 15 is 0 Å². The molecule has 0 saturated heterocycles. The fraction of sp³-hybridized carbons (Fsp3) is 0.190. The van der Waals surface area contributed by atoms with Crippen LogP contribution in [0.25, 0.3) is 0 Å². The van der Waals surface area contributed by atoms with E-state index in [9.17, 15) is 4.79 Å². The van der Waals surface area contributed by atoms with Crippen LogP contribution in [-0.2, 0) is 6.54 Å². The molecule has 132 valence electrons. The van der Waals surface area contributed by atoms with Crippen molar-refractivity contribution in [3.8, 4) is 0 Å². The smallest absolute Gasteiger partial charge is 0.270 e. The van der Waals surface area contributed by atoms with Crippen LogP contribution in [0.2, 0.25) is 0 Å². The van der Waals surface area contributed by atoms with Crippen LogP contribution in [0.3, 0.4) is 0 Å². The number of hydrogen-bond acceptors (Lipinski definition) is 4. The zero-order valence-electron chi connectivity index (χ0n) is 14.9. The third-order valence-electron chi connectivity index (χ3n) is 4.26. The summed E-state index contributed by atoms with van der Waals surface area (Å²) in [6.45, 7) is 4.55. The average molecular weight is 346 g/mol. The van der Waals surface area contributed by atoms with Gasteiger partial charge >= 0.3 is 0 Å². The maximum Gasteiger partial charge on any atom is 0.270 e. The summed E-state index contributed by atoms with van der Waals surface area (Å²) in [5.41, 5.74) is 3.73. The molecule has 0 fully saturated rings. The zero-order valence-corrected chi connectivity index (χ0v) is 14.9. The molecule has 2 aromatic carbocycles. The van der Waals surface area contributed by atoms with E-state index in [4.69, 9.17) is 0 Å². The first-order chi connectivity index (χ1) is 12.6. The van der Waals surface area contributed by atoms with Crippen molar-refractivity contribution in [1.82, 2.24) is 15.3 Å². The molecule has 2 N–H and O–H groups in total. The van der Waals surface area contributed by atoms with Gasteiger partial charge in [0.25, 0.3) is 5.91 Å². The van der Waals surface area contributed by atoms with Crippen LogP contribution in [0.4, 0.5) is 5.82 Å². The summed E-state index contributed by atoms with van der Waals surface area (Å²) in [5, 5.41) is 6.22. The molecular formula is C21H22N4O. The summed E-state index contributed by atoms with van der Waals surface area (Å²) in [4.78, 5) is 20.7. The van der Waals surface area contributed by atoms with Gasteiger partial charge in [-0.1, -0.05) is 54.6 Å². The van der Waals surface area contributed by atoms with Crippen molar-refractivity contribution >= 4 is 11.7 Å². The van der Waals surface area contributed by atoms with Gasteiger partial charge in [0, 0.05) is 18.7 Å². The molecule has 0 spiro atoms. The molecule has 0 saturated carbocycles. The average Bonchev–Trinajstić information content (AvgIpc) is 2.68. The molecule has 0 aliphatic rings. The van der Waals surface area contributed by atoms with Crippen LogP contribution in [-0.4, -0.2) is 15.9 Å². The molecule has 0 bridgehead atoms. The van der Waals surface area contributed by atoms with Crippen LogP contribution >= 0.6 is 0 Å². The monoisotopic (exact) mass is 346 g/mol. The first-order valence-electron chi connectivity index (χ1n) is 8.59. The molecule has 0 aliphatic carbocycles. The number of aryl methyl sites for hydroxylation is 1. The highest BCUT2D eigenvalue weighted by atomic mass is 16.1. The number of rotatable bonds is 6. The minimum atomic E-state index is -0.217. The number of aromatic nitrogens is 2. The van der Waals surface area contributed by atoms with Gasteiger partial charge in [0.05, 0.1) is 0 Å². The van der Waals surface area contributed by atoms with Gasteiger partial charge in [-0.15, -0.1) is 0 Å². The number of anilines is 1. The molecule has 3 rings (SSSR count). The van der Waals surface area contributed by atoms with Gasteiger partial charge < -0.3 is 10.6 Å². The molecule has 5 nitrogen and oxygen atoms in total. The second-order valence-electron chi connectivity index (χ2n) is 6.17. The van der Waals surface area contributed by atoms with Gasteiger partial charge in [-0.25, -0.2) is 9.97 Å². The largest absolute Gasteiger partial charge is 0.363 e. The Bertz CT molecular complexity index is 880. The highest BCUT2D eigenvalue weighted by Gasteiger charge is 2.11. The number of amides is 1. The second kappa shape index (κ2) is 8.25. The number of carbonyl (C=O) groups is 1. The molecule has 1 amide bonds. The van der Waals surface area contributed by atoms with E-state index in [0.717, 1.165) is 16.7 Å². The Hall–Kier alpha value is -3.21. The first kappa shape index (κ1) is 17.6. The Morgan fingerprint density at radius 3 is 2.54 bits per heavy atom. The van der Waals surface area contributed by atoms with Crippen molar-refractivity contribution in [2.45, 2.75) is 26.4 Å². The quantitative estimate of drug-likeness (QED) is 0.711. The molecule has 1 aromatic heterocycles. The van der Waals surface area contributed by atoms with Gasteiger partial charge in [-0.3, -0.25) is 4.79 Å². The molecule has 5 heteroatoms. The van der Waals surface area contributed by atoms with Crippen LogP contribution < -0.4 is 10.6 Å².